The molecule has 1 atom stereocenters. The van der Waals surface area contributed by atoms with Crippen LogP contribution in [-0.2, 0) is 11.3 Å². The standard InChI is InChI=1S/C19H18N2O3S2/c1-4-9-21-17(22)15-14(13-7-5-11(2)6-8-13)10-25-16(15)20-19(21)26-12(3)18(23)24/h4-8,10,12H,1,9H2,2-3H3,(H,23,24). The van der Waals surface area contributed by atoms with Crippen molar-refractivity contribution in [3.8, 4) is 11.1 Å². The van der Waals surface area contributed by atoms with Crippen molar-refractivity contribution in [1.29, 1.82) is 0 Å². The van der Waals surface area contributed by atoms with Crippen LogP contribution in [0.1, 0.15) is 12.5 Å². The van der Waals surface area contributed by atoms with Crippen molar-refractivity contribution < 1.29 is 9.90 Å². The average Bonchev–Trinajstić information content (AvgIpc) is 3.03. The molecule has 1 unspecified atom stereocenters. The zero-order valence-corrected chi connectivity index (χ0v) is 16.1. The first-order valence-corrected chi connectivity index (χ1v) is 9.77. The van der Waals surface area contributed by atoms with E-state index in [9.17, 15) is 9.59 Å². The monoisotopic (exact) mass is 386 g/mol. The van der Waals surface area contributed by atoms with Crippen LogP contribution in [0.25, 0.3) is 21.3 Å². The van der Waals surface area contributed by atoms with Gasteiger partial charge in [-0.2, -0.15) is 0 Å². The minimum atomic E-state index is -0.943. The summed E-state index contributed by atoms with van der Waals surface area (Å²) in [4.78, 5) is 29.5. The highest BCUT2D eigenvalue weighted by atomic mass is 32.2. The fraction of sp³-hybridized carbons (Fsp3) is 0.211. The van der Waals surface area contributed by atoms with Crippen LogP contribution in [0.3, 0.4) is 0 Å². The van der Waals surface area contributed by atoms with Crippen LogP contribution in [0.15, 0.2) is 52.3 Å². The Morgan fingerprint density at radius 1 is 1.42 bits per heavy atom. The SMILES string of the molecule is C=CCn1c(SC(C)C(=O)O)nc2scc(-c3ccc(C)cc3)c2c1=O. The Labute approximate surface area is 159 Å². The Morgan fingerprint density at radius 3 is 2.73 bits per heavy atom. The molecule has 26 heavy (non-hydrogen) atoms. The lowest BCUT2D eigenvalue weighted by Crippen LogP contribution is -2.24. The van der Waals surface area contributed by atoms with Crippen molar-refractivity contribution in [3.05, 3.63) is 58.2 Å². The molecule has 1 N–H and O–H groups in total. The van der Waals surface area contributed by atoms with Gasteiger partial charge in [0.1, 0.15) is 10.1 Å². The summed E-state index contributed by atoms with van der Waals surface area (Å²) in [6.07, 6.45) is 1.61. The fourth-order valence-corrected chi connectivity index (χ4v) is 4.38. The second-order valence-corrected chi connectivity index (χ2v) is 8.06. The fourth-order valence-electron chi connectivity index (χ4n) is 2.54. The molecule has 0 radical (unpaired) electrons. The van der Waals surface area contributed by atoms with Crippen molar-refractivity contribution in [2.24, 2.45) is 0 Å². The molecule has 134 valence electrons. The number of allylic oxidation sites excluding steroid dienone is 1. The number of nitrogens with zero attached hydrogens (tertiary/aromatic N) is 2. The van der Waals surface area contributed by atoms with Crippen LogP contribution in [0, 0.1) is 6.92 Å². The van der Waals surface area contributed by atoms with Gasteiger partial charge >= 0.3 is 5.97 Å². The smallest absolute Gasteiger partial charge is 0.316 e. The van der Waals surface area contributed by atoms with E-state index >= 15 is 0 Å². The first-order chi connectivity index (χ1) is 12.4. The van der Waals surface area contributed by atoms with Gasteiger partial charge in [0.05, 0.1) is 5.39 Å². The molecule has 5 nitrogen and oxygen atoms in total. The van der Waals surface area contributed by atoms with Gasteiger partial charge in [0.15, 0.2) is 5.16 Å². The lowest BCUT2D eigenvalue weighted by molar-refractivity contribution is -0.136. The number of carbonyl (C=O) groups is 1. The maximum atomic E-state index is 13.1. The molecule has 0 spiro atoms. The molecule has 0 fully saturated rings. The van der Waals surface area contributed by atoms with E-state index < -0.39 is 11.2 Å². The van der Waals surface area contributed by atoms with Gasteiger partial charge in [0.25, 0.3) is 5.56 Å². The number of hydrogen-bond donors (Lipinski definition) is 1. The van der Waals surface area contributed by atoms with Gasteiger partial charge in [-0.15, -0.1) is 17.9 Å². The van der Waals surface area contributed by atoms with Crippen LogP contribution in [-0.4, -0.2) is 25.9 Å². The van der Waals surface area contributed by atoms with E-state index in [2.05, 4.69) is 11.6 Å². The molecular weight excluding hydrogens is 368 g/mol. The summed E-state index contributed by atoms with van der Waals surface area (Å²) in [7, 11) is 0. The van der Waals surface area contributed by atoms with E-state index in [0.29, 0.717) is 15.4 Å². The Kier molecular flexibility index (Phi) is 5.29. The summed E-state index contributed by atoms with van der Waals surface area (Å²) in [5.74, 6) is -0.943. The van der Waals surface area contributed by atoms with Gasteiger partial charge in [-0.05, 0) is 19.4 Å². The van der Waals surface area contributed by atoms with E-state index in [0.717, 1.165) is 28.5 Å². The highest BCUT2D eigenvalue weighted by Crippen LogP contribution is 2.33. The molecule has 3 aromatic rings. The van der Waals surface area contributed by atoms with Crippen LogP contribution in [0.4, 0.5) is 0 Å². The number of fused-ring (bicyclic) bond motifs is 1. The molecule has 0 bridgehead atoms. The predicted octanol–water partition coefficient (Wildman–Crippen LogP) is 4.18. The van der Waals surface area contributed by atoms with E-state index in [1.54, 1.807) is 13.0 Å². The van der Waals surface area contributed by atoms with Crippen molar-refractivity contribution in [2.45, 2.75) is 30.8 Å². The number of rotatable bonds is 6. The predicted molar refractivity (Wildman–Crippen MR) is 107 cm³/mol. The molecule has 0 aliphatic heterocycles. The average molecular weight is 386 g/mol. The molecular formula is C19H18N2O3S2. The van der Waals surface area contributed by atoms with Crippen LogP contribution >= 0.6 is 23.1 Å². The van der Waals surface area contributed by atoms with E-state index in [1.807, 2.05) is 36.6 Å². The molecule has 0 saturated carbocycles. The van der Waals surface area contributed by atoms with Crippen molar-refractivity contribution in [3.63, 3.8) is 0 Å². The zero-order valence-electron chi connectivity index (χ0n) is 14.4. The Balaban J connectivity index is 2.20. The van der Waals surface area contributed by atoms with Crippen LogP contribution in [0.5, 0.6) is 0 Å². The van der Waals surface area contributed by atoms with Gasteiger partial charge in [-0.1, -0.05) is 47.7 Å². The molecule has 0 saturated heterocycles. The maximum Gasteiger partial charge on any atom is 0.316 e. The zero-order chi connectivity index (χ0) is 18.8. The summed E-state index contributed by atoms with van der Waals surface area (Å²) < 4.78 is 1.49. The molecule has 2 aromatic heterocycles. The van der Waals surface area contributed by atoms with Crippen molar-refractivity contribution in [2.75, 3.05) is 0 Å². The largest absolute Gasteiger partial charge is 0.480 e. The van der Waals surface area contributed by atoms with Gasteiger partial charge in [0, 0.05) is 17.5 Å². The lowest BCUT2D eigenvalue weighted by atomic mass is 10.1. The highest BCUT2D eigenvalue weighted by molar-refractivity contribution is 8.00. The highest BCUT2D eigenvalue weighted by Gasteiger charge is 2.20. The Bertz CT molecular complexity index is 1040. The molecule has 1 aromatic carbocycles. The van der Waals surface area contributed by atoms with E-state index in [-0.39, 0.29) is 12.1 Å². The third-order valence-corrected chi connectivity index (χ3v) is 5.91. The number of hydrogen-bond acceptors (Lipinski definition) is 5. The number of thiophene rings is 1. The number of aryl methyl sites for hydroxylation is 1. The quantitative estimate of drug-likeness (QED) is 0.391. The molecule has 0 aliphatic rings. The number of carboxylic acid groups (broad SMARTS) is 1. The van der Waals surface area contributed by atoms with Crippen LogP contribution in [0.2, 0.25) is 0 Å². The second kappa shape index (κ2) is 7.47. The summed E-state index contributed by atoms with van der Waals surface area (Å²) in [5, 5.41) is 11.4. The normalized spacial score (nSPS) is 12.2. The summed E-state index contributed by atoms with van der Waals surface area (Å²) in [5.41, 5.74) is 2.79. The first-order valence-electron chi connectivity index (χ1n) is 8.01. The number of aromatic nitrogens is 2. The lowest BCUT2D eigenvalue weighted by Gasteiger charge is -2.12. The maximum absolute atomic E-state index is 13.1. The van der Waals surface area contributed by atoms with E-state index in [4.69, 9.17) is 5.11 Å². The van der Waals surface area contributed by atoms with Gasteiger partial charge < -0.3 is 5.11 Å². The van der Waals surface area contributed by atoms with Crippen molar-refractivity contribution >= 4 is 39.3 Å². The number of benzene rings is 1. The Hall–Kier alpha value is -2.38. The molecule has 3 rings (SSSR count). The van der Waals surface area contributed by atoms with Gasteiger partial charge in [-0.3, -0.25) is 14.2 Å². The third kappa shape index (κ3) is 3.45. The topological polar surface area (TPSA) is 72.2 Å². The number of thioether (sulfide) groups is 1. The van der Waals surface area contributed by atoms with E-state index in [1.165, 1.54) is 15.9 Å². The second-order valence-electron chi connectivity index (χ2n) is 5.89. The van der Waals surface area contributed by atoms with Gasteiger partial charge in [-0.25, -0.2) is 4.98 Å². The Morgan fingerprint density at radius 2 is 2.12 bits per heavy atom. The molecule has 0 amide bonds. The molecule has 0 aliphatic carbocycles. The van der Waals surface area contributed by atoms with Gasteiger partial charge in [0.2, 0.25) is 0 Å². The van der Waals surface area contributed by atoms with Crippen molar-refractivity contribution in [1.82, 2.24) is 9.55 Å². The number of aliphatic carboxylic acids is 1. The minimum absolute atomic E-state index is 0.174. The first kappa shape index (κ1) is 18.4. The minimum Gasteiger partial charge on any atom is -0.480 e. The molecule has 2 heterocycles. The van der Waals surface area contributed by atoms with Crippen LogP contribution < -0.4 is 5.56 Å². The third-order valence-electron chi connectivity index (χ3n) is 3.96. The number of carboxylic acids is 1. The summed E-state index contributed by atoms with van der Waals surface area (Å²) in [6.45, 7) is 7.57. The summed E-state index contributed by atoms with van der Waals surface area (Å²) in [6, 6.07) is 7.99. The molecule has 7 heteroatoms. The summed E-state index contributed by atoms with van der Waals surface area (Å²) >= 11 is 2.46.